The van der Waals surface area contributed by atoms with Gasteiger partial charge in [-0.1, -0.05) is 0 Å². The van der Waals surface area contributed by atoms with Crippen molar-refractivity contribution in [2.75, 3.05) is 35.5 Å². The summed E-state index contributed by atoms with van der Waals surface area (Å²) in [5.74, 6) is 2.92. The Bertz CT molecular complexity index is 1020. The van der Waals surface area contributed by atoms with Crippen LogP contribution in [0.1, 0.15) is 0 Å². The van der Waals surface area contributed by atoms with Crippen molar-refractivity contribution >= 4 is 12.2 Å². The molecule has 0 aliphatic rings. The Hall–Kier alpha value is -3.13. The number of nitrogens with zero attached hydrogens (tertiary/aromatic N) is 1. The second-order valence-electron chi connectivity index (χ2n) is 5.80. The van der Waals surface area contributed by atoms with Crippen molar-refractivity contribution in [3.8, 4) is 45.7 Å². The maximum Gasteiger partial charge on any atom is 0.203 e. The Morgan fingerprint density at radius 1 is 0.750 bits per heavy atom. The number of H-pyrrole nitrogens is 1. The van der Waals surface area contributed by atoms with Gasteiger partial charge in [-0.25, -0.2) is 0 Å². The average Bonchev–Trinajstić information content (AvgIpc) is 3.13. The molecule has 1 aromatic heterocycles. The fourth-order valence-corrected chi connectivity index (χ4v) is 3.21. The Morgan fingerprint density at radius 3 is 1.89 bits per heavy atom. The van der Waals surface area contributed by atoms with E-state index in [1.165, 1.54) is 0 Å². The Kier molecular flexibility index (Phi) is 5.79. The summed E-state index contributed by atoms with van der Waals surface area (Å²) in [7, 11) is 7.92. The summed E-state index contributed by atoms with van der Waals surface area (Å²) in [5, 5.41) is 0. The first-order valence-electron chi connectivity index (χ1n) is 8.40. The van der Waals surface area contributed by atoms with Crippen molar-refractivity contribution in [3.05, 3.63) is 41.3 Å². The van der Waals surface area contributed by atoms with Gasteiger partial charge in [0.2, 0.25) is 5.75 Å². The van der Waals surface area contributed by atoms with Gasteiger partial charge in [-0.2, -0.15) is 0 Å². The van der Waals surface area contributed by atoms with Crippen LogP contribution in [0.5, 0.6) is 28.7 Å². The fraction of sp³-hybridized carbons (Fsp3) is 0.250. The standard InChI is InChI=1S/C20H22N2O5S/c1-23-15-7-6-12(8-16(15)24-2)14-11-22(20(28)21-14)13-9-17(25-3)19(27-5)18(10-13)26-4/h6-11H,1-5H3,(H,21,28). The van der Waals surface area contributed by atoms with Gasteiger partial charge in [0.15, 0.2) is 27.8 Å². The third-order valence-electron chi connectivity index (χ3n) is 4.34. The number of rotatable bonds is 7. The van der Waals surface area contributed by atoms with Gasteiger partial charge in [0.25, 0.3) is 0 Å². The van der Waals surface area contributed by atoms with E-state index in [0.717, 1.165) is 16.9 Å². The molecule has 2 aromatic carbocycles. The molecule has 0 aliphatic carbocycles. The van der Waals surface area contributed by atoms with Crippen molar-refractivity contribution in [3.63, 3.8) is 0 Å². The van der Waals surface area contributed by atoms with E-state index in [4.69, 9.17) is 35.9 Å². The number of nitrogens with one attached hydrogen (secondary N) is 1. The fourth-order valence-electron chi connectivity index (χ4n) is 2.94. The number of hydrogen-bond donors (Lipinski definition) is 1. The monoisotopic (exact) mass is 402 g/mol. The van der Waals surface area contributed by atoms with E-state index in [2.05, 4.69) is 4.98 Å². The summed E-state index contributed by atoms with van der Waals surface area (Å²) in [4.78, 5) is 3.22. The lowest BCUT2D eigenvalue weighted by atomic mass is 10.1. The summed E-state index contributed by atoms with van der Waals surface area (Å²) in [6.45, 7) is 0. The molecule has 0 saturated carbocycles. The zero-order valence-corrected chi connectivity index (χ0v) is 17.2. The predicted molar refractivity (Wildman–Crippen MR) is 109 cm³/mol. The highest BCUT2D eigenvalue weighted by molar-refractivity contribution is 7.71. The number of imidazole rings is 1. The first kappa shape index (κ1) is 19.6. The van der Waals surface area contributed by atoms with Crippen molar-refractivity contribution < 1.29 is 23.7 Å². The van der Waals surface area contributed by atoms with E-state index in [1.807, 2.05) is 41.1 Å². The third kappa shape index (κ3) is 3.50. The molecule has 0 bridgehead atoms. The van der Waals surface area contributed by atoms with Crippen molar-refractivity contribution in [2.24, 2.45) is 0 Å². The van der Waals surface area contributed by atoms with Crippen LogP contribution < -0.4 is 23.7 Å². The van der Waals surface area contributed by atoms with Gasteiger partial charge in [0.05, 0.1) is 46.9 Å². The van der Waals surface area contributed by atoms with Crippen LogP contribution in [0.3, 0.4) is 0 Å². The first-order valence-corrected chi connectivity index (χ1v) is 8.81. The molecule has 0 unspecified atom stereocenters. The van der Waals surface area contributed by atoms with Gasteiger partial charge in [-0.15, -0.1) is 0 Å². The highest BCUT2D eigenvalue weighted by Gasteiger charge is 2.16. The smallest absolute Gasteiger partial charge is 0.203 e. The Labute approximate surface area is 168 Å². The molecule has 3 rings (SSSR count). The van der Waals surface area contributed by atoms with E-state index >= 15 is 0 Å². The normalized spacial score (nSPS) is 10.5. The minimum Gasteiger partial charge on any atom is -0.493 e. The van der Waals surface area contributed by atoms with E-state index in [-0.39, 0.29) is 0 Å². The van der Waals surface area contributed by atoms with Crippen molar-refractivity contribution in [1.29, 1.82) is 0 Å². The van der Waals surface area contributed by atoms with Crippen molar-refractivity contribution in [2.45, 2.75) is 0 Å². The molecule has 7 nitrogen and oxygen atoms in total. The number of hydrogen-bond acceptors (Lipinski definition) is 6. The number of benzene rings is 2. The lowest BCUT2D eigenvalue weighted by molar-refractivity contribution is 0.324. The van der Waals surface area contributed by atoms with Crippen LogP contribution in [0.2, 0.25) is 0 Å². The summed E-state index contributed by atoms with van der Waals surface area (Å²) >= 11 is 5.52. The second-order valence-corrected chi connectivity index (χ2v) is 6.18. The van der Waals surface area contributed by atoms with E-state index in [0.29, 0.717) is 33.5 Å². The van der Waals surface area contributed by atoms with Crippen LogP contribution in [0, 0.1) is 4.77 Å². The van der Waals surface area contributed by atoms with E-state index < -0.39 is 0 Å². The predicted octanol–water partition coefficient (Wildman–Crippen LogP) is 4.24. The Balaban J connectivity index is 2.10. The lowest BCUT2D eigenvalue weighted by Crippen LogP contribution is -1.99. The number of aromatic amines is 1. The first-order chi connectivity index (χ1) is 13.6. The van der Waals surface area contributed by atoms with Gasteiger partial charge in [-0.3, -0.25) is 4.57 Å². The second kappa shape index (κ2) is 8.26. The van der Waals surface area contributed by atoms with Gasteiger partial charge in [0.1, 0.15) is 0 Å². The molecule has 0 aliphatic heterocycles. The zero-order chi connectivity index (χ0) is 20.3. The quantitative estimate of drug-likeness (QED) is 0.596. The number of aromatic nitrogens is 2. The summed E-state index contributed by atoms with van der Waals surface area (Å²) in [5.41, 5.74) is 2.53. The molecule has 0 fully saturated rings. The maximum atomic E-state index is 5.52. The molecule has 8 heteroatoms. The SMILES string of the molecule is COc1ccc(-c2cn(-c3cc(OC)c(OC)c(OC)c3)c(=S)[nH]2)cc1OC. The van der Waals surface area contributed by atoms with Gasteiger partial charge in [0, 0.05) is 23.9 Å². The average molecular weight is 402 g/mol. The lowest BCUT2D eigenvalue weighted by Gasteiger charge is -2.14. The zero-order valence-electron chi connectivity index (χ0n) is 16.4. The summed E-state index contributed by atoms with van der Waals surface area (Å²) in [6.07, 6.45) is 1.91. The third-order valence-corrected chi connectivity index (χ3v) is 4.64. The molecule has 0 spiro atoms. The molecule has 3 aromatic rings. The van der Waals surface area contributed by atoms with Crippen molar-refractivity contribution in [1.82, 2.24) is 9.55 Å². The van der Waals surface area contributed by atoms with Crippen LogP contribution in [-0.4, -0.2) is 45.1 Å². The van der Waals surface area contributed by atoms with E-state index in [9.17, 15) is 0 Å². The molecule has 1 heterocycles. The Morgan fingerprint density at radius 2 is 1.36 bits per heavy atom. The number of methoxy groups -OCH3 is 5. The highest BCUT2D eigenvalue weighted by Crippen LogP contribution is 2.40. The van der Waals surface area contributed by atoms with Crippen LogP contribution in [0.4, 0.5) is 0 Å². The van der Waals surface area contributed by atoms with Crippen LogP contribution >= 0.6 is 12.2 Å². The van der Waals surface area contributed by atoms with Crippen LogP contribution in [0.15, 0.2) is 36.5 Å². The minimum absolute atomic E-state index is 0.524. The largest absolute Gasteiger partial charge is 0.493 e. The number of ether oxygens (including phenoxy) is 5. The molecule has 0 amide bonds. The summed E-state index contributed by atoms with van der Waals surface area (Å²) in [6, 6.07) is 9.34. The molecule has 1 N–H and O–H groups in total. The minimum atomic E-state index is 0.524. The summed E-state index contributed by atoms with van der Waals surface area (Å²) < 4.78 is 29.3. The maximum absolute atomic E-state index is 5.52. The van der Waals surface area contributed by atoms with Gasteiger partial charge >= 0.3 is 0 Å². The molecule has 0 saturated heterocycles. The van der Waals surface area contributed by atoms with Crippen LogP contribution in [0.25, 0.3) is 16.9 Å². The van der Waals surface area contributed by atoms with Gasteiger partial charge in [-0.05, 0) is 30.4 Å². The molecule has 148 valence electrons. The van der Waals surface area contributed by atoms with Gasteiger partial charge < -0.3 is 28.7 Å². The van der Waals surface area contributed by atoms with Crippen LogP contribution in [-0.2, 0) is 0 Å². The highest BCUT2D eigenvalue weighted by atomic mass is 32.1. The molecule has 0 atom stereocenters. The molecule has 28 heavy (non-hydrogen) atoms. The topological polar surface area (TPSA) is 66.9 Å². The molecular weight excluding hydrogens is 380 g/mol. The van der Waals surface area contributed by atoms with E-state index in [1.54, 1.807) is 35.5 Å². The molecular formula is C20H22N2O5S. The molecule has 0 radical (unpaired) electrons.